The first-order valence-corrected chi connectivity index (χ1v) is 6.96. The zero-order chi connectivity index (χ0) is 15.6. The molecule has 2 rings (SSSR count). The van der Waals surface area contributed by atoms with Gasteiger partial charge in [-0.25, -0.2) is 4.79 Å². The van der Waals surface area contributed by atoms with Crippen molar-refractivity contribution in [3.8, 4) is 17.6 Å². The van der Waals surface area contributed by atoms with Crippen LogP contribution in [0.4, 0.5) is 4.79 Å². The second-order valence-corrected chi connectivity index (χ2v) is 4.59. The van der Waals surface area contributed by atoms with Gasteiger partial charge in [-0.15, -0.1) is 0 Å². The van der Waals surface area contributed by atoms with Gasteiger partial charge < -0.3 is 15.2 Å². The van der Waals surface area contributed by atoms with Crippen LogP contribution >= 0.6 is 0 Å². The summed E-state index contributed by atoms with van der Waals surface area (Å²) in [5.41, 5.74) is 1.77. The minimum Gasteiger partial charge on any atom is -0.508 e. The van der Waals surface area contributed by atoms with E-state index in [1.54, 1.807) is 24.3 Å². The van der Waals surface area contributed by atoms with E-state index >= 15 is 0 Å². The van der Waals surface area contributed by atoms with E-state index in [2.05, 4.69) is 17.2 Å². The molecule has 0 unspecified atom stereocenters. The van der Waals surface area contributed by atoms with Gasteiger partial charge in [-0.1, -0.05) is 42.2 Å². The summed E-state index contributed by atoms with van der Waals surface area (Å²) in [5, 5.41) is 11.8. The number of nitrogens with one attached hydrogen (secondary N) is 1. The molecular formula is C18H17NO3. The number of alkyl carbamates (subject to hydrolysis) is 1. The Bertz CT molecular complexity index is 654. The quantitative estimate of drug-likeness (QED) is 0.673. The Hall–Kier alpha value is -2.93. The maximum absolute atomic E-state index is 11.5. The zero-order valence-corrected chi connectivity index (χ0v) is 12.1. The van der Waals surface area contributed by atoms with Crippen LogP contribution in [0, 0.1) is 11.8 Å². The fourth-order valence-electron chi connectivity index (χ4n) is 1.71. The number of benzene rings is 2. The minimum absolute atomic E-state index is 0.216. The molecule has 2 N–H and O–H groups in total. The van der Waals surface area contributed by atoms with Crippen LogP contribution in [0.5, 0.6) is 5.75 Å². The van der Waals surface area contributed by atoms with Gasteiger partial charge in [-0.05, 0) is 29.8 Å². The van der Waals surface area contributed by atoms with Gasteiger partial charge >= 0.3 is 6.09 Å². The fourth-order valence-corrected chi connectivity index (χ4v) is 1.71. The normalized spacial score (nSPS) is 9.45. The summed E-state index contributed by atoms with van der Waals surface area (Å²) in [7, 11) is 0. The summed E-state index contributed by atoms with van der Waals surface area (Å²) < 4.78 is 5.08. The lowest BCUT2D eigenvalue weighted by atomic mass is 10.2. The van der Waals surface area contributed by atoms with Crippen molar-refractivity contribution in [1.29, 1.82) is 0 Å². The number of amides is 1. The van der Waals surface area contributed by atoms with Crippen molar-refractivity contribution in [2.45, 2.75) is 13.0 Å². The minimum atomic E-state index is -0.449. The third kappa shape index (κ3) is 5.59. The van der Waals surface area contributed by atoms with Crippen LogP contribution < -0.4 is 5.32 Å². The molecule has 0 spiro atoms. The number of carbonyl (C=O) groups is 1. The fraction of sp³-hybridized carbons (Fsp3) is 0.167. The molecule has 0 fully saturated rings. The number of aromatic hydroxyl groups is 1. The van der Waals surface area contributed by atoms with Crippen molar-refractivity contribution >= 4 is 6.09 Å². The molecule has 4 heteroatoms. The highest BCUT2D eigenvalue weighted by Gasteiger charge is 2.00. The largest absolute Gasteiger partial charge is 0.508 e. The number of phenolic OH excluding ortho intramolecular Hbond substituents is 1. The SMILES string of the molecule is O=C(NCCC#Cc1ccc(O)cc1)OCc1ccccc1. The third-order valence-corrected chi connectivity index (χ3v) is 2.83. The molecule has 0 aromatic heterocycles. The van der Waals surface area contributed by atoms with Gasteiger partial charge in [0.1, 0.15) is 12.4 Å². The Balaban J connectivity index is 1.64. The predicted molar refractivity (Wildman–Crippen MR) is 84.2 cm³/mol. The molecule has 0 saturated carbocycles. The van der Waals surface area contributed by atoms with Crippen molar-refractivity contribution in [3.05, 3.63) is 65.7 Å². The molecule has 0 aliphatic rings. The van der Waals surface area contributed by atoms with Gasteiger partial charge in [0, 0.05) is 18.5 Å². The van der Waals surface area contributed by atoms with E-state index in [0.717, 1.165) is 11.1 Å². The average molecular weight is 295 g/mol. The van der Waals surface area contributed by atoms with Gasteiger partial charge in [-0.2, -0.15) is 0 Å². The number of hydrogen-bond donors (Lipinski definition) is 2. The highest BCUT2D eigenvalue weighted by molar-refractivity contribution is 5.67. The Labute approximate surface area is 129 Å². The molecule has 2 aromatic carbocycles. The molecule has 0 bridgehead atoms. The maximum atomic E-state index is 11.5. The molecule has 0 saturated heterocycles. The second kappa shape index (κ2) is 8.38. The van der Waals surface area contributed by atoms with Gasteiger partial charge in [0.05, 0.1) is 0 Å². The highest BCUT2D eigenvalue weighted by Crippen LogP contribution is 2.08. The van der Waals surface area contributed by atoms with Crippen molar-refractivity contribution in [3.63, 3.8) is 0 Å². The summed E-state index contributed by atoms with van der Waals surface area (Å²) >= 11 is 0. The predicted octanol–water partition coefficient (Wildman–Crippen LogP) is 3.06. The molecule has 0 heterocycles. The molecule has 0 aliphatic carbocycles. The molecule has 0 atom stereocenters. The Morgan fingerprint density at radius 3 is 2.55 bits per heavy atom. The maximum Gasteiger partial charge on any atom is 0.407 e. The molecule has 0 radical (unpaired) electrons. The molecule has 1 amide bonds. The zero-order valence-electron chi connectivity index (χ0n) is 12.1. The Morgan fingerprint density at radius 2 is 1.82 bits per heavy atom. The number of phenols is 1. The third-order valence-electron chi connectivity index (χ3n) is 2.83. The lowest BCUT2D eigenvalue weighted by Gasteiger charge is -2.05. The van der Waals surface area contributed by atoms with Gasteiger partial charge in [0.2, 0.25) is 0 Å². The van der Waals surface area contributed by atoms with Crippen LogP contribution in [0.2, 0.25) is 0 Å². The number of ether oxygens (including phenoxy) is 1. The van der Waals surface area contributed by atoms with Crippen molar-refractivity contribution in [2.75, 3.05) is 6.54 Å². The average Bonchev–Trinajstić information content (AvgIpc) is 2.55. The van der Waals surface area contributed by atoms with Crippen LogP contribution in [0.1, 0.15) is 17.5 Å². The number of carbonyl (C=O) groups excluding carboxylic acids is 1. The molecule has 4 nitrogen and oxygen atoms in total. The standard InChI is InChI=1S/C18H17NO3/c20-17-11-9-15(10-12-17)6-4-5-13-19-18(21)22-14-16-7-2-1-3-8-16/h1-3,7-12,20H,5,13-14H2,(H,19,21). The van der Waals surface area contributed by atoms with E-state index in [9.17, 15) is 4.79 Å². The van der Waals surface area contributed by atoms with Crippen LogP contribution in [0.25, 0.3) is 0 Å². The summed E-state index contributed by atoms with van der Waals surface area (Å²) in [6.07, 6.45) is 0.0803. The monoisotopic (exact) mass is 295 g/mol. The second-order valence-electron chi connectivity index (χ2n) is 4.59. The van der Waals surface area contributed by atoms with Crippen molar-refractivity contribution in [2.24, 2.45) is 0 Å². The number of hydrogen-bond acceptors (Lipinski definition) is 3. The van der Waals surface area contributed by atoms with Gasteiger partial charge in [0.25, 0.3) is 0 Å². The van der Waals surface area contributed by atoms with Crippen molar-refractivity contribution in [1.82, 2.24) is 5.32 Å². The topological polar surface area (TPSA) is 58.6 Å². The van der Waals surface area contributed by atoms with Crippen LogP contribution in [-0.2, 0) is 11.3 Å². The Kier molecular flexibility index (Phi) is 5.89. The summed E-state index contributed by atoms with van der Waals surface area (Å²) in [4.78, 5) is 11.5. The number of rotatable bonds is 4. The molecule has 2 aromatic rings. The summed E-state index contributed by atoms with van der Waals surface area (Å²) in [5.74, 6) is 6.11. The van der Waals surface area contributed by atoms with E-state index in [-0.39, 0.29) is 12.4 Å². The van der Waals surface area contributed by atoms with Crippen LogP contribution in [0.3, 0.4) is 0 Å². The van der Waals surface area contributed by atoms with E-state index < -0.39 is 6.09 Å². The van der Waals surface area contributed by atoms with E-state index in [1.807, 2.05) is 30.3 Å². The lowest BCUT2D eigenvalue weighted by Crippen LogP contribution is -2.24. The summed E-state index contributed by atoms with van der Waals surface area (Å²) in [6.45, 7) is 0.685. The van der Waals surface area contributed by atoms with E-state index in [4.69, 9.17) is 9.84 Å². The summed E-state index contributed by atoms with van der Waals surface area (Å²) in [6, 6.07) is 16.2. The van der Waals surface area contributed by atoms with E-state index in [0.29, 0.717) is 13.0 Å². The lowest BCUT2D eigenvalue weighted by molar-refractivity contribution is 0.140. The van der Waals surface area contributed by atoms with E-state index in [1.165, 1.54) is 0 Å². The first-order chi connectivity index (χ1) is 10.7. The van der Waals surface area contributed by atoms with Crippen molar-refractivity contribution < 1.29 is 14.6 Å². The highest BCUT2D eigenvalue weighted by atomic mass is 16.5. The molecular weight excluding hydrogens is 278 g/mol. The Morgan fingerprint density at radius 1 is 1.09 bits per heavy atom. The molecule has 0 aliphatic heterocycles. The van der Waals surface area contributed by atoms with Crippen LogP contribution in [0.15, 0.2) is 54.6 Å². The first kappa shape index (κ1) is 15.5. The van der Waals surface area contributed by atoms with Gasteiger partial charge in [0.15, 0.2) is 0 Å². The molecule has 112 valence electrons. The van der Waals surface area contributed by atoms with Gasteiger partial charge in [-0.3, -0.25) is 0 Å². The molecule has 22 heavy (non-hydrogen) atoms. The smallest absolute Gasteiger partial charge is 0.407 e. The van der Waals surface area contributed by atoms with Crippen LogP contribution in [-0.4, -0.2) is 17.7 Å². The first-order valence-electron chi connectivity index (χ1n) is 6.96.